The molecule has 0 aliphatic heterocycles. The van der Waals surface area contributed by atoms with Gasteiger partial charge in [0, 0.05) is 5.56 Å². The highest BCUT2D eigenvalue weighted by molar-refractivity contribution is 5.66. The molecule has 2 rings (SSSR count). The van der Waals surface area contributed by atoms with Gasteiger partial charge in [0.05, 0.1) is 25.9 Å². The van der Waals surface area contributed by atoms with Gasteiger partial charge >= 0.3 is 0 Å². The fourth-order valence-corrected chi connectivity index (χ4v) is 1.76. The van der Waals surface area contributed by atoms with Crippen molar-refractivity contribution in [1.82, 2.24) is 20.2 Å². The van der Waals surface area contributed by atoms with Gasteiger partial charge in [0.1, 0.15) is 12.4 Å². The van der Waals surface area contributed by atoms with Crippen LogP contribution in [0.5, 0.6) is 5.75 Å². The van der Waals surface area contributed by atoms with E-state index in [1.54, 1.807) is 18.2 Å². The summed E-state index contributed by atoms with van der Waals surface area (Å²) in [5.74, 6) is 1.03. The average molecular weight is 299 g/mol. The smallest absolute Gasteiger partial charge is 0.261 e. The maximum atomic E-state index is 12.0. The quantitative estimate of drug-likeness (QED) is 0.611. The van der Waals surface area contributed by atoms with Crippen molar-refractivity contribution in [3.05, 3.63) is 18.2 Å². The third kappa shape index (κ3) is 3.85. The van der Waals surface area contributed by atoms with Crippen LogP contribution in [0.15, 0.2) is 18.2 Å². The molecule has 21 heavy (non-hydrogen) atoms. The molecule has 1 aromatic heterocycles. The van der Waals surface area contributed by atoms with Crippen LogP contribution in [0, 0.1) is 0 Å². The standard InChI is InChI=1S/C12H15F2N5O2/c1-20-10-3-2-8(6-9(10)15)12-16-17-18-19(12)4-5-21-7-11(13)14/h2-3,6,11H,4-5,7,15H2,1H3. The Morgan fingerprint density at radius 3 is 2.86 bits per heavy atom. The molecule has 0 saturated carbocycles. The van der Waals surface area contributed by atoms with E-state index in [0.29, 0.717) is 22.8 Å². The van der Waals surface area contributed by atoms with Crippen molar-refractivity contribution in [2.24, 2.45) is 0 Å². The number of methoxy groups -OCH3 is 1. The Bertz CT molecular complexity index is 591. The first-order chi connectivity index (χ1) is 10.1. The first-order valence-corrected chi connectivity index (χ1v) is 6.17. The summed E-state index contributed by atoms with van der Waals surface area (Å²) in [6, 6.07) is 5.15. The summed E-state index contributed by atoms with van der Waals surface area (Å²) in [6.45, 7) is -0.248. The number of alkyl halides is 2. The highest BCUT2D eigenvalue weighted by Gasteiger charge is 2.11. The number of nitrogens with zero attached hydrogens (tertiary/aromatic N) is 4. The van der Waals surface area contributed by atoms with E-state index in [1.807, 2.05) is 0 Å². The molecule has 0 amide bonds. The lowest BCUT2D eigenvalue weighted by molar-refractivity contribution is 0.0140. The fourth-order valence-electron chi connectivity index (χ4n) is 1.76. The molecule has 114 valence electrons. The maximum absolute atomic E-state index is 12.0. The Labute approximate surface area is 119 Å². The third-order valence-corrected chi connectivity index (χ3v) is 2.71. The molecule has 0 aliphatic rings. The van der Waals surface area contributed by atoms with Gasteiger partial charge in [-0.2, -0.15) is 0 Å². The molecule has 1 heterocycles. The molecule has 0 radical (unpaired) electrons. The van der Waals surface area contributed by atoms with Crippen LogP contribution < -0.4 is 10.5 Å². The van der Waals surface area contributed by atoms with Crippen molar-refractivity contribution in [3.8, 4) is 17.1 Å². The summed E-state index contributed by atoms with van der Waals surface area (Å²) in [7, 11) is 1.52. The second-order valence-corrected chi connectivity index (χ2v) is 4.15. The lowest BCUT2D eigenvalue weighted by Gasteiger charge is -2.08. The first kappa shape index (κ1) is 15.1. The van der Waals surface area contributed by atoms with Gasteiger partial charge in [-0.15, -0.1) is 5.10 Å². The van der Waals surface area contributed by atoms with Crippen molar-refractivity contribution in [2.75, 3.05) is 26.1 Å². The van der Waals surface area contributed by atoms with E-state index in [4.69, 9.17) is 15.2 Å². The number of nitrogen functional groups attached to an aromatic ring is 1. The van der Waals surface area contributed by atoms with E-state index in [0.717, 1.165) is 0 Å². The Morgan fingerprint density at radius 2 is 2.19 bits per heavy atom. The molecule has 2 N–H and O–H groups in total. The second kappa shape index (κ2) is 6.93. The van der Waals surface area contributed by atoms with Crippen LogP contribution in [0.3, 0.4) is 0 Å². The number of rotatable bonds is 7. The van der Waals surface area contributed by atoms with Crippen LogP contribution in [-0.2, 0) is 11.3 Å². The number of ether oxygens (including phenoxy) is 2. The molecule has 0 saturated heterocycles. The minimum Gasteiger partial charge on any atom is -0.495 e. The molecule has 9 heteroatoms. The number of aromatic nitrogens is 4. The SMILES string of the molecule is COc1ccc(-c2nnnn2CCOCC(F)F)cc1N. The highest BCUT2D eigenvalue weighted by atomic mass is 19.3. The predicted octanol–water partition coefficient (Wildman–Crippen LogP) is 1.21. The Morgan fingerprint density at radius 1 is 1.38 bits per heavy atom. The Hall–Kier alpha value is -2.29. The molecule has 0 fully saturated rings. The molecule has 0 aliphatic carbocycles. The van der Waals surface area contributed by atoms with Crippen molar-refractivity contribution >= 4 is 5.69 Å². The molecular weight excluding hydrogens is 284 g/mol. The second-order valence-electron chi connectivity index (χ2n) is 4.15. The van der Waals surface area contributed by atoms with E-state index < -0.39 is 13.0 Å². The zero-order valence-electron chi connectivity index (χ0n) is 11.4. The largest absolute Gasteiger partial charge is 0.495 e. The van der Waals surface area contributed by atoms with E-state index in [2.05, 4.69) is 15.5 Å². The average Bonchev–Trinajstić information content (AvgIpc) is 2.91. The number of halogens is 2. The van der Waals surface area contributed by atoms with Gasteiger partial charge in [-0.1, -0.05) is 0 Å². The molecule has 0 atom stereocenters. The summed E-state index contributed by atoms with van der Waals surface area (Å²) in [5.41, 5.74) is 6.99. The van der Waals surface area contributed by atoms with Crippen LogP contribution >= 0.6 is 0 Å². The maximum Gasteiger partial charge on any atom is 0.261 e. The zero-order chi connectivity index (χ0) is 15.2. The van der Waals surface area contributed by atoms with Crippen LogP contribution in [0.25, 0.3) is 11.4 Å². The molecule has 7 nitrogen and oxygen atoms in total. The number of tetrazole rings is 1. The molecule has 0 bridgehead atoms. The van der Waals surface area contributed by atoms with Crippen molar-refractivity contribution < 1.29 is 18.3 Å². The van der Waals surface area contributed by atoms with Gasteiger partial charge in [-0.05, 0) is 28.6 Å². The summed E-state index contributed by atoms with van der Waals surface area (Å²) in [4.78, 5) is 0. The van der Waals surface area contributed by atoms with E-state index in [9.17, 15) is 8.78 Å². The van der Waals surface area contributed by atoms with Gasteiger partial charge in [0.15, 0.2) is 5.82 Å². The molecule has 1 aromatic carbocycles. The minimum atomic E-state index is -2.49. The third-order valence-electron chi connectivity index (χ3n) is 2.71. The van der Waals surface area contributed by atoms with Crippen LogP contribution in [0.4, 0.5) is 14.5 Å². The van der Waals surface area contributed by atoms with Gasteiger partial charge in [0.25, 0.3) is 6.43 Å². The molecular formula is C12H15F2N5O2. The van der Waals surface area contributed by atoms with E-state index in [1.165, 1.54) is 11.8 Å². The molecule has 2 aromatic rings. The Kier molecular flexibility index (Phi) is 4.99. The zero-order valence-corrected chi connectivity index (χ0v) is 11.4. The highest BCUT2D eigenvalue weighted by Crippen LogP contribution is 2.26. The van der Waals surface area contributed by atoms with Crippen LogP contribution in [0.1, 0.15) is 0 Å². The number of hydrogen-bond acceptors (Lipinski definition) is 6. The van der Waals surface area contributed by atoms with Crippen molar-refractivity contribution in [3.63, 3.8) is 0 Å². The first-order valence-electron chi connectivity index (χ1n) is 6.17. The van der Waals surface area contributed by atoms with Crippen molar-refractivity contribution in [1.29, 1.82) is 0 Å². The van der Waals surface area contributed by atoms with Crippen molar-refractivity contribution in [2.45, 2.75) is 13.0 Å². The van der Waals surface area contributed by atoms with Crippen LogP contribution in [-0.4, -0.2) is 47.0 Å². The van der Waals surface area contributed by atoms with Gasteiger partial charge in [0.2, 0.25) is 0 Å². The number of nitrogens with two attached hydrogens (primary N) is 1. The lowest BCUT2D eigenvalue weighted by atomic mass is 10.2. The lowest BCUT2D eigenvalue weighted by Crippen LogP contribution is -2.12. The number of hydrogen-bond donors (Lipinski definition) is 1. The normalized spacial score (nSPS) is 11.0. The Balaban J connectivity index is 2.07. The van der Waals surface area contributed by atoms with Gasteiger partial charge < -0.3 is 15.2 Å². The minimum absolute atomic E-state index is 0.0913. The van der Waals surface area contributed by atoms with Crippen LogP contribution in [0.2, 0.25) is 0 Å². The monoisotopic (exact) mass is 299 g/mol. The summed E-state index contributed by atoms with van der Waals surface area (Å²) < 4.78 is 35.3. The van der Waals surface area contributed by atoms with Gasteiger partial charge in [-0.3, -0.25) is 0 Å². The number of anilines is 1. The fraction of sp³-hybridized carbons (Fsp3) is 0.417. The summed E-state index contributed by atoms with van der Waals surface area (Å²) in [5, 5.41) is 11.3. The molecule has 0 unspecified atom stereocenters. The molecule has 0 spiro atoms. The predicted molar refractivity (Wildman–Crippen MR) is 71.0 cm³/mol. The van der Waals surface area contributed by atoms with E-state index in [-0.39, 0.29) is 13.2 Å². The topological polar surface area (TPSA) is 88.1 Å². The van der Waals surface area contributed by atoms with Gasteiger partial charge in [-0.25, -0.2) is 13.5 Å². The van der Waals surface area contributed by atoms with E-state index >= 15 is 0 Å². The summed E-state index contributed by atoms with van der Waals surface area (Å²) >= 11 is 0. The number of benzene rings is 1. The summed E-state index contributed by atoms with van der Waals surface area (Å²) in [6.07, 6.45) is -2.49.